The average Bonchev–Trinajstić information content (AvgIpc) is 2.79. The second kappa shape index (κ2) is 9.23. The van der Waals surface area contributed by atoms with Gasteiger partial charge in [0.2, 0.25) is 21.8 Å². The van der Waals surface area contributed by atoms with Crippen molar-refractivity contribution in [1.29, 1.82) is 0 Å². The molecule has 32 heavy (non-hydrogen) atoms. The van der Waals surface area contributed by atoms with Crippen molar-refractivity contribution in [2.75, 3.05) is 10.6 Å². The van der Waals surface area contributed by atoms with Crippen molar-refractivity contribution in [2.24, 2.45) is 0 Å². The van der Waals surface area contributed by atoms with Crippen LogP contribution in [0.2, 0.25) is 0 Å². The van der Waals surface area contributed by atoms with Crippen molar-refractivity contribution in [3.63, 3.8) is 0 Å². The predicted octanol–water partition coefficient (Wildman–Crippen LogP) is 3.99. The number of benzene rings is 3. The van der Waals surface area contributed by atoms with Gasteiger partial charge in [-0.15, -0.1) is 0 Å². The van der Waals surface area contributed by atoms with Crippen molar-refractivity contribution in [3.05, 3.63) is 88.4 Å². The van der Waals surface area contributed by atoms with Crippen LogP contribution in [0.4, 0.5) is 11.4 Å². The van der Waals surface area contributed by atoms with Crippen LogP contribution in [0.25, 0.3) is 0 Å². The topological polar surface area (TPSA) is 104 Å². The van der Waals surface area contributed by atoms with Gasteiger partial charge in [-0.2, -0.15) is 4.72 Å². The number of nitrogens with one attached hydrogen (secondary N) is 3. The molecule has 9 heteroatoms. The molecule has 3 aromatic rings. The van der Waals surface area contributed by atoms with Gasteiger partial charge in [-0.25, -0.2) is 8.42 Å². The quantitative estimate of drug-likeness (QED) is 0.463. The molecule has 2 amide bonds. The first-order valence-corrected chi connectivity index (χ1v) is 12.2. The lowest BCUT2D eigenvalue weighted by Crippen LogP contribution is -2.37. The molecule has 1 heterocycles. The Hall–Kier alpha value is -3.01. The molecule has 1 aliphatic rings. The minimum absolute atomic E-state index is 0.0296. The van der Waals surface area contributed by atoms with Gasteiger partial charge in [0.15, 0.2) is 0 Å². The minimum Gasteiger partial charge on any atom is -0.326 e. The lowest BCUT2D eigenvalue weighted by molar-refractivity contribution is -0.118. The number of sulfonamides is 1. The van der Waals surface area contributed by atoms with Crippen molar-refractivity contribution in [2.45, 2.75) is 23.8 Å². The molecule has 7 nitrogen and oxygen atoms in total. The van der Waals surface area contributed by atoms with E-state index in [1.807, 2.05) is 6.07 Å². The highest BCUT2D eigenvalue weighted by Gasteiger charge is 2.28. The first-order chi connectivity index (χ1) is 15.3. The Kier molecular flexibility index (Phi) is 6.40. The maximum Gasteiger partial charge on any atom is 0.247 e. The molecule has 3 aromatic carbocycles. The van der Waals surface area contributed by atoms with Crippen LogP contribution in [0.15, 0.2) is 82.2 Å². The number of rotatable bonds is 6. The van der Waals surface area contributed by atoms with Gasteiger partial charge in [-0.1, -0.05) is 42.5 Å². The number of amides is 2. The van der Waals surface area contributed by atoms with Crippen molar-refractivity contribution in [3.8, 4) is 0 Å². The summed E-state index contributed by atoms with van der Waals surface area (Å²) in [5.41, 5.74) is 2.38. The zero-order chi connectivity index (χ0) is 22.7. The fourth-order valence-electron chi connectivity index (χ4n) is 3.44. The largest absolute Gasteiger partial charge is 0.326 e. The molecule has 0 aromatic heterocycles. The predicted molar refractivity (Wildman–Crippen MR) is 126 cm³/mol. The second-order valence-electron chi connectivity index (χ2n) is 7.30. The van der Waals surface area contributed by atoms with Crippen LogP contribution < -0.4 is 15.4 Å². The third kappa shape index (κ3) is 4.90. The van der Waals surface area contributed by atoms with E-state index in [0.717, 1.165) is 5.56 Å². The number of hydrogen-bond acceptors (Lipinski definition) is 4. The molecule has 1 unspecified atom stereocenters. The Morgan fingerprint density at radius 3 is 2.44 bits per heavy atom. The van der Waals surface area contributed by atoms with Gasteiger partial charge in [0.25, 0.3) is 0 Å². The Labute approximate surface area is 194 Å². The molecule has 0 radical (unpaired) electrons. The van der Waals surface area contributed by atoms with Crippen molar-refractivity contribution in [1.82, 2.24) is 4.72 Å². The summed E-state index contributed by atoms with van der Waals surface area (Å²) in [5, 5.41) is 5.51. The van der Waals surface area contributed by atoms with E-state index in [9.17, 15) is 18.0 Å². The van der Waals surface area contributed by atoms with E-state index in [0.29, 0.717) is 34.3 Å². The molecular formula is C23H20BrN3O4S. The molecule has 0 saturated carbocycles. The van der Waals surface area contributed by atoms with E-state index in [1.165, 1.54) is 12.1 Å². The van der Waals surface area contributed by atoms with Crippen LogP contribution in [0.1, 0.15) is 23.6 Å². The fraction of sp³-hybridized carbons (Fsp3) is 0.130. The maximum atomic E-state index is 13.2. The zero-order valence-electron chi connectivity index (χ0n) is 16.8. The van der Waals surface area contributed by atoms with Gasteiger partial charge >= 0.3 is 0 Å². The summed E-state index contributed by atoms with van der Waals surface area (Å²) in [4.78, 5) is 24.7. The van der Waals surface area contributed by atoms with E-state index in [1.54, 1.807) is 54.6 Å². The smallest absolute Gasteiger partial charge is 0.247 e. The summed E-state index contributed by atoms with van der Waals surface area (Å²) in [6, 6.07) is 19.1. The third-order valence-corrected chi connectivity index (χ3v) is 7.19. The van der Waals surface area contributed by atoms with Crippen LogP contribution >= 0.6 is 15.9 Å². The molecule has 1 aliphatic heterocycles. The fourth-order valence-corrected chi connectivity index (χ4v) is 5.05. The number of aryl methyl sites for hydroxylation is 1. The Bertz CT molecular complexity index is 1280. The molecule has 1 atom stereocenters. The molecule has 4 rings (SSSR count). The molecular weight excluding hydrogens is 494 g/mol. The van der Waals surface area contributed by atoms with Crippen LogP contribution in [-0.4, -0.2) is 20.2 Å². The van der Waals surface area contributed by atoms with Crippen LogP contribution in [0, 0.1) is 0 Å². The number of carbonyl (C=O) groups is 2. The number of para-hydroxylation sites is 1. The second-order valence-corrected chi connectivity index (χ2v) is 9.87. The van der Waals surface area contributed by atoms with Crippen molar-refractivity contribution >= 4 is 49.1 Å². The highest BCUT2D eigenvalue weighted by molar-refractivity contribution is 9.10. The summed E-state index contributed by atoms with van der Waals surface area (Å²) in [7, 11) is -4.04. The Morgan fingerprint density at radius 1 is 0.969 bits per heavy atom. The third-order valence-electron chi connectivity index (χ3n) is 5.08. The van der Waals surface area contributed by atoms with E-state index in [-0.39, 0.29) is 10.8 Å². The first kappa shape index (κ1) is 22.2. The van der Waals surface area contributed by atoms with Gasteiger partial charge in [-0.05, 0) is 63.8 Å². The lowest BCUT2D eigenvalue weighted by atomic mass is 10.0. The van der Waals surface area contributed by atoms with E-state index in [2.05, 4.69) is 31.3 Å². The summed E-state index contributed by atoms with van der Waals surface area (Å²) in [6.45, 7) is 0. The summed E-state index contributed by atoms with van der Waals surface area (Å²) < 4.78 is 29.6. The zero-order valence-corrected chi connectivity index (χ0v) is 19.2. The highest BCUT2D eigenvalue weighted by atomic mass is 79.9. The normalized spacial score (nSPS) is 14.2. The average molecular weight is 514 g/mol. The van der Waals surface area contributed by atoms with Gasteiger partial charge < -0.3 is 10.6 Å². The lowest BCUT2D eigenvalue weighted by Gasteiger charge is -2.21. The van der Waals surface area contributed by atoms with Gasteiger partial charge in [0.05, 0.1) is 10.6 Å². The molecule has 0 aliphatic carbocycles. The number of anilines is 2. The minimum atomic E-state index is -4.04. The van der Waals surface area contributed by atoms with Crippen LogP contribution in [-0.2, 0) is 26.0 Å². The first-order valence-electron chi connectivity index (χ1n) is 9.89. The van der Waals surface area contributed by atoms with Gasteiger partial charge in [-0.3, -0.25) is 9.59 Å². The Balaban J connectivity index is 1.64. The SMILES string of the molecule is O=C1CCc2cc(S(=O)(=O)NC(C(=O)Nc3ccccc3Br)c3ccccc3)ccc2N1. The van der Waals surface area contributed by atoms with Crippen molar-refractivity contribution < 1.29 is 18.0 Å². The van der Waals surface area contributed by atoms with E-state index >= 15 is 0 Å². The highest BCUT2D eigenvalue weighted by Crippen LogP contribution is 2.27. The molecule has 3 N–H and O–H groups in total. The monoisotopic (exact) mass is 513 g/mol. The number of fused-ring (bicyclic) bond motifs is 1. The maximum absolute atomic E-state index is 13.2. The van der Waals surface area contributed by atoms with E-state index < -0.39 is 22.0 Å². The molecule has 0 spiro atoms. The summed E-state index contributed by atoms with van der Waals surface area (Å²) >= 11 is 3.38. The van der Waals surface area contributed by atoms with Gasteiger partial charge in [0.1, 0.15) is 6.04 Å². The van der Waals surface area contributed by atoms with Gasteiger partial charge in [0, 0.05) is 16.6 Å². The molecule has 0 bridgehead atoms. The molecule has 0 saturated heterocycles. The standard InChI is InChI=1S/C23H20BrN3O4S/c24-18-8-4-5-9-20(18)26-23(29)22(15-6-2-1-3-7-15)27-32(30,31)17-11-12-19-16(14-17)10-13-21(28)25-19/h1-9,11-12,14,22,27H,10,13H2,(H,25,28)(H,26,29). The molecule has 164 valence electrons. The Morgan fingerprint density at radius 2 is 1.69 bits per heavy atom. The number of halogens is 1. The molecule has 0 fully saturated rings. The van der Waals surface area contributed by atoms with E-state index in [4.69, 9.17) is 0 Å². The van der Waals surface area contributed by atoms with Crippen LogP contribution in [0.5, 0.6) is 0 Å². The number of carbonyl (C=O) groups excluding carboxylic acids is 2. The summed E-state index contributed by atoms with van der Waals surface area (Å²) in [5.74, 6) is -0.615. The number of hydrogen-bond donors (Lipinski definition) is 3. The van der Waals surface area contributed by atoms with Crippen LogP contribution in [0.3, 0.4) is 0 Å². The summed E-state index contributed by atoms with van der Waals surface area (Å²) in [6.07, 6.45) is 0.750.